The molecule has 0 bridgehead atoms. The molecule has 3 aromatic rings. The summed E-state index contributed by atoms with van der Waals surface area (Å²) in [5.41, 5.74) is 4.83. The van der Waals surface area contributed by atoms with Crippen LogP contribution in [0, 0.1) is 12.8 Å². The third-order valence-electron chi connectivity index (χ3n) is 9.28. The van der Waals surface area contributed by atoms with Gasteiger partial charge in [-0.15, -0.1) is 11.3 Å². The Bertz CT molecular complexity index is 1560. The van der Waals surface area contributed by atoms with Crippen LogP contribution in [0.15, 0.2) is 40.4 Å². The van der Waals surface area contributed by atoms with E-state index in [9.17, 15) is 19.5 Å². The van der Waals surface area contributed by atoms with Gasteiger partial charge in [0.25, 0.3) is 5.88 Å². The van der Waals surface area contributed by atoms with Crippen molar-refractivity contribution in [1.82, 2.24) is 20.4 Å². The quantitative estimate of drug-likeness (QED) is 0.203. The number of ether oxygens (including phenoxy) is 1. The van der Waals surface area contributed by atoms with Crippen molar-refractivity contribution in [2.45, 2.75) is 110 Å². The van der Waals surface area contributed by atoms with Gasteiger partial charge < -0.3 is 29.0 Å². The number of nitrogens with one attached hydrogen (secondary N) is 1. The average molecular weight is 685 g/mol. The number of benzene rings is 1. The highest BCUT2D eigenvalue weighted by Crippen LogP contribution is 2.40. The third-order valence-corrected chi connectivity index (χ3v) is 14.8. The number of aryl methyl sites for hydroxylation is 1. The molecule has 0 spiro atoms. The standard InChI is InChI=1S/C34H48N4O7SSi/c1-19(2)29(27-16-28(37-44-27)43-22(5)33(41)42)32(40)38-17-25(45-47(9,10)34(6,7)8)15-26(38)31(39)36-20(3)23-11-13-24(14-12-23)30-21(4)35-18-46-30/h11-14,16,18-20,22,25-26,29H,15,17H2,1-10H3,(H,36,39)(H,41,42)/t20-,22-,25+,26-,29+/m0/s1. The van der Waals surface area contributed by atoms with Crippen LogP contribution in [0.2, 0.25) is 18.1 Å². The van der Waals surface area contributed by atoms with E-state index in [2.05, 4.69) is 49.3 Å². The van der Waals surface area contributed by atoms with Crippen LogP contribution < -0.4 is 10.1 Å². The molecule has 2 N–H and O–H groups in total. The predicted octanol–water partition coefficient (Wildman–Crippen LogP) is 6.57. The molecule has 256 valence electrons. The molecule has 11 nitrogen and oxygen atoms in total. The molecule has 0 aliphatic carbocycles. The number of aliphatic carboxylic acids is 1. The number of hydrogen-bond donors (Lipinski definition) is 2. The highest BCUT2D eigenvalue weighted by atomic mass is 32.1. The molecule has 1 saturated heterocycles. The first-order valence-corrected chi connectivity index (χ1v) is 19.8. The minimum atomic E-state index is -2.22. The van der Waals surface area contributed by atoms with Crippen LogP contribution in [0.3, 0.4) is 0 Å². The summed E-state index contributed by atoms with van der Waals surface area (Å²) in [6, 6.07) is 8.47. The van der Waals surface area contributed by atoms with Gasteiger partial charge in [-0.05, 0) is 61.1 Å². The van der Waals surface area contributed by atoms with E-state index in [-0.39, 0.29) is 53.1 Å². The monoisotopic (exact) mass is 684 g/mol. The van der Waals surface area contributed by atoms with Crippen LogP contribution in [0.1, 0.15) is 83.9 Å². The first-order valence-electron chi connectivity index (χ1n) is 16.0. The van der Waals surface area contributed by atoms with E-state index in [0.717, 1.165) is 21.7 Å². The van der Waals surface area contributed by atoms with Gasteiger partial charge in [0.1, 0.15) is 12.0 Å². The van der Waals surface area contributed by atoms with E-state index in [1.807, 2.05) is 57.5 Å². The van der Waals surface area contributed by atoms with Gasteiger partial charge in [0.2, 0.25) is 11.8 Å². The van der Waals surface area contributed by atoms with Gasteiger partial charge in [-0.2, -0.15) is 0 Å². The lowest BCUT2D eigenvalue weighted by Gasteiger charge is -2.38. The van der Waals surface area contributed by atoms with E-state index in [0.29, 0.717) is 6.42 Å². The van der Waals surface area contributed by atoms with Gasteiger partial charge in [0.15, 0.2) is 20.2 Å². The van der Waals surface area contributed by atoms with Crippen molar-refractivity contribution in [1.29, 1.82) is 0 Å². The summed E-state index contributed by atoms with van der Waals surface area (Å²) in [6.07, 6.45) is -1.09. The molecule has 5 atom stereocenters. The van der Waals surface area contributed by atoms with Crippen LogP contribution in [0.5, 0.6) is 5.88 Å². The number of rotatable bonds is 12. The zero-order chi connectivity index (χ0) is 34.8. The Morgan fingerprint density at radius 3 is 2.34 bits per heavy atom. The Kier molecular flexibility index (Phi) is 11.0. The number of amides is 2. The molecule has 1 fully saturated rings. The summed E-state index contributed by atoms with van der Waals surface area (Å²) >= 11 is 1.59. The summed E-state index contributed by atoms with van der Waals surface area (Å²) in [7, 11) is -2.22. The molecule has 4 rings (SSSR count). The van der Waals surface area contributed by atoms with Crippen LogP contribution in [0.25, 0.3) is 10.4 Å². The summed E-state index contributed by atoms with van der Waals surface area (Å²) in [6.45, 7) is 20.1. The first kappa shape index (κ1) is 36.3. The number of carboxylic acid groups (broad SMARTS) is 1. The Morgan fingerprint density at radius 1 is 1.13 bits per heavy atom. The molecule has 1 aromatic carbocycles. The van der Waals surface area contributed by atoms with Gasteiger partial charge in [-0.3, -0.25) is 9.59 Å². The van der Waals surface area contributed by atoms with Gasteiger partial charge in [-0.25, -0.2) is 9.78 Å². The smallest absolute Gasteiger partial charge is 0.344 e. The fourth-order valence-electron chi connectivity index (χ4n) is 5.48. The summed E-state index contributed by atoms with van der Waals surface area (Å²) in [5, 5.41) is 16.2. The Morgan fingerprint density at radius 2 is 1.79 bits per heavy atom. The van der Waals surface area contributed by atoms with Gasteiger partial charge >= 0.3 is 5.97 Å². The van der Waals surface area contributed by atoms with Gasteiger partial charge in [-0.1, -0.05) is 58.9 Å². The molecular formula is C34H48N4O7SSi. The Hall–Kier alpha value is -3.55. The summed E-state index contributed by atoms with van der Waals surface area (Å²) in [4.78, 5) is 46.7. The third kappa shape index (κ3) is 8.30. The lowest BCUT2D eigenvalue weighted by molar-refractivity contribution is -0.144. The van der Waals surface area contributed by atoms with E-state index in [1.54, 1.807) is 16.2 Å². The number of thiazole rings is 1. The van der Waals surface area contributed by atoms with Crippen LogP contribution in [-0.4, -0.2) is 71.0 Å². The molecule has 13 heteroatoms. The molecular weight excluding hydrogens is 637 g/mol. The molecule has 0 unspecified atom stereocenters. The van der Waals surface area contributed by atoms with Crippen molar-refractivity contribution in [2.75, 3.05) is 6.54 Å². The van der Waals surface area contributed by atoms with Crippen LogP contribution >= 0.6 is 11.3 Å². The molecule has 0 saturated carbocycles. The fraction of sp³-hybridized carbons (Fsp3) is 0.559. The molecule has 1 aliphatic heterocycles. The van der Waals surface area contributed by atoms with Crippen molar-refractivity contribution in [2.24, 2.45) is 5.92 Å². The lowest BCUT2D eigenvalue weighted by atomic mass is 9.91. The van der Waals surface area contributed by atoms with Gasteiger partial charge in [0.05, 0.1) is 28.2 Å². The van der Waals surface area contributed by atoms with Crippen LogP contribution in [0.4, 0.5) is 0 Å². The number of likely N-dealkylation sites (tertiary alicyclic amines) is 1. The van der Waals surface area contributed by atoms with E-state index in [1.165, 1.54) is 13.0 Å². The topological polar surface area (TPSA) is 144 Å². The van der Waals surface area contributed by atoms with Gasteiger partial charge in [0, 0.05) is 19.0 Å². The number of carboxylic acids is 1. The number of carbonyl (C=O) groups is 3. The SMILES string of the molecule is Cc1ncsc1-c1ccc([C@H](C)NC(=O)[C@@H]2C[C@@H](O[Si](C)(C)C(C)(C)C)CN2C(=O)[C@@H](c2cc(O[C@@H](C)C(=O)O)no2)C(C)C)cc1. The van der Waals surface area contributed by atoms with E-state index >= 15 is 0 Å². The average Bonchev–Trinajstić information content (AvgIpc) is 3.72. The maximum atomic E-state index is 14.4. The summed E-state index contributed by atoms with van der Waals surface area (Å²) < 4.78 is 17.6. The predicted molar refractivity (Wildman–Crippen MR) is 183 cm³/mol. The number of carbonyl (C=O) groups excluding carboxylic acids is 2. The molecule has 3 heterocycles. The zero-order valence-corrected chi connectivity index (χ0v) is 30.8. The van der Waals surface area contributed by atoms with E-state index in [4.69, 9.17) is 13.7 Å². The molecule has 2 aromatic heterocycles. The maximum Gasteiger partial charge on any atom is 0.344 e. The Balaban J connectivity index is 1.58. The largest absolute Gasteiger partial charge is 0.479 e. The second kappa shape index (κ2) is 14.3. The molecule has 47 heavy (non-hydrogen) atoms. The zero-order valence-electron chi connectivity index (χ0n) is 29.0. The number of nitrogens with zero attached hydrogens (tertiary/aromatic N) is 3. The summed E-state index contributed by atoms with van der Waals surface area (Å²) in [5.74, 6) is -2.46. The molecule has 0 radical (unpaired) electrons. The van der Waals surface area contributed by atoms with Crippen molar-refractivity contribution in [3.63, 3.8) is 0 Å². The Labute approximate surface area is 282 Å². The first-order chi connectivity index (χ1) is 21.9. The number of hydrogen-bond acceptors (Lipinski definition) is 9. The highest BCUT2D eigenvalue weighted by molar-refractivity contribution is 7.13. The minimum absolute atomic E-state index is 0.0199. The molecule has 2 amide bonds. The second-order valence-corrected chi connectivity index (χ2v) is 19.9. The van der Waals surface area contributed by atoms with Crippen molar-refractivity contribution in [3.8, 4) is 16.3 Å². The fourth-order valence-corrected chi connectivity index (χ4v) is 7.65. The molecule has 1 aliphatic rings. The normalized spacial score (nSPS) is 19.0. The minimum Gasteiger partial charge on any atom is -0.479 e. The highest BCUT2D eigenvalue weighted by Gasteiger charge is 2.47. The number of aromatic nitrogens is 2. The lowest BCUT2D eigenvalue weighted by Crippen LogP contribution is -2.48. The van der Waals surface area contributed by atoms with Crippen molar-refractivity contribution in [3.05, 3.63) is 52.9 Å². The van der Waals surface area contributed by atoms with Crippen molar-refractivity contribution < 1.29 is 33.2 Å². The van der Waals surface area contributed by atoms with E-state index < -0.39 is 32.4 Å². The second-order valence-electron chi connectivity index (χ2n) is 14.2. The van der Waals surface area contributed by atoms with Crippen molar-refractivity contribution >= 4 is 37.4 Å². The van der Waals surface area contributed by atoms with Crippen LogP contribution in [-0.2, 0) is 18.8 Å². The maximum absolute atomic E-state index is 14.4.